The van der Waals surface area contributed by atoms with Gasteiger partial charge in [-0.3, -0.25) is 9.20 Å². The third kappa shape index (κ3) is 3.58. The van der Waals surface area contributed by atoms with Gasteiger partial charge in [0.05, 0.1) is 35.0 Å². The molecule has 4 aromatic rings. The predicted octanol–water partition coefficient (Wildman–Crippen LogP) is 3.18. The highest BCUT2D eigenvalue weighted by molar-refractivity contribution is 6.06. The molecule has 6 rings (SSSR count). The van der Waals surface area contributed by atoms with Gasteiger partial charge in [-0.05, 0) is 48.9 Å². The molecule has 8 nitrogen and oxygen atoms in total. The molecular weight excluding hydrogens is 414 g/mol. The number of benzene rings is 1. The number of anilines is 3. The lowest BCUT2D eigenvalue weighted by atomic mass is 9.99. The molecule has 0 saturated carbocycles. The number of carbonyl (C=O) groups excluding carboxylic acids is 1. The second-order valence-corrected chi connectivity index (χ2v) is 8.39. The number of nitrogens with zero attached hydrogens (tertiary/aromatic N) is 4. The summed E-state index contributed by atoms with van der Waals surface area (Å²) >= 11 is 0. The quantitative estimate of drug-likeness (QED) is 0.453. The summed E-state index contributed by atoms with van der Waals surface area (Å²) in [5.41, 5.74) is 6.38. The Balaban J connectivity index is 1.31. The zero-order chi connectivity index (χ0) is 22.2. The van der Waals surface area contributed by atoms with Crippen molar-refractivity contribution in [1.29, 1.82) is 0 Å². The van der Waals surface area contributed by atoms with Crippen LogP contribution in [0, 0.1) is 0 Å². The Morgan fingerprint density at radius 3 is 2.85 bits per heavy atom. The number of hydrogen-bond donors (Lipinski definition) is 3. The third-order valence-electron chi connectivity index (χ3n) is 6.37. The number of fused-ring (bicyclic) bond motifs is 2. The minimum atomic E-state index is -0.0724. The molecule has 0 spiro atoms. The molecule has 8 heteroatoms. The number of pyridine rings is 2. The highest BCUT2D eigenvalue weighted by atomic mass is 16.1. The fraction of sp³-hybridized carbons (Fsp3) is 0.240. The number of rotatable bonds is 4. The monoisotopic (exact) mass is 439 g/mol. The van der Waals surface area contributed by atoms with E-state index in [1.807, 2.05) is 53.3 Å². The zero-order valence-corrected chi connectivity index (χ0v) is 18.2. The Kier molecular flexibility index (Phi) is 4.92. The van der Waals surface area contributed by atoms with Crippen LogP contribution in [-0.4, -0.2) is 46.5 Å². The molecule has 1 fully saturated rings. The van der Waals surface area contributed by atoms with Gasteiger partial charge in [0.25, 0.3) is 5.91 Å². The van der Waals surface area contributed by atoms with Crippen LogP contribution in [0.5, 0.6) is 0 Å². The number of imidazole rings is 1. The second kappa shape index (κ2) is 8.22. The van der Waals surface area contributed by atoms with Crippen LogP contribution >= 0.6 is 0 Å². The normalized spacial score (nSPS) is 15.9. The predicted molar refractivity (Wildman–Crippen MR) is 129 cm³/mol. The van der Waals surface area contributed by atoms with Crippen LogP contribution in [0.25, 0.3) is 16.9 Å². The molecule has 0 atom stereocenters. The summed E-state index contributed by atoms with van der Waals surface area (Å²) in [5, 5.41) is 9.77. The smallest absolute Gasteiger partial charge is 0.254 e. The van der Waals surface area contributed by atoms with E-state index in [0.717, 1.165) is 72.3 Å². The van der Waals surface area contributed by atoms with Gasteiger partial charge < -0.3 is 20.9 Å². The molecule has 5 heterocycles. The SMILES string of the molecule is O=C1NCc2c(-c3cnc4ccccn34)ccc(Nc3ccc(N4CCCNCC4)cn3)c21. The van der Waals surface area contributed by atoms with Gasteiger partial charge in [-0.25, -0.2) is 9.97 Å². The number of carbonyl (C=O) groups is 1. The fourth-order valence-electron chi connectivity index (χ4n) is 4.71. The van der Waals surface area contributed by atoms with E-state index >= 15 is 0 Å². The second-order valence-electron chi connectivity index (χ2n) is 8.39. The molecule has 0 unspecified atom stereocenters. The van der Waals surface area contributed by atoms with Crippen LogP contribution in [0.2, 0.25) is 0 Å². The van der Waals surface area contributed by atoms with E-state index in [-0.39, 0.29) is 5.91 Å². The summed E-state index contributed by atoms with van der Waals surface area (Å²) in [6.07, 6.45) is 6.88. The molecule has 33 heavy (non-hydrogen) atoms. The molecule has 2 aliphatic rings. The molecular formula is C25H25N7O. The number of hydrogen-bond acceptors (Lipinski definition) is 6. The molecule has 1 saturated heterocycles. The summed E-state index contributed by atoms with van der Waals surface area (Å²) in [7, 11) is 0. The Labute approximate surface area is 191 Å². The van der Waals surface area contributed by atoms with Crippen molar-refractivity contribution in [2.75, 3.05) is 36.4 Å². The summed E-state index contributed by atoms with van der Waals surface area (Å²) in [6.45, 7) is 4.54. The zero-order valence-electron chi connectivity index (χ0n) is 18.2. The lowest BCUT2D eigenvalue weighted by Crippen LogP contribution is -2.27. The standard InChI is InChI=1S/C25H25N7O/c33-25-24-19(15-29-25)18(21-16-28-23-4-1-2-12-32(21)23)6-7-20(24)30-22-8-5-17(14-27-22)31-11-3-9-26-10-13-31/h1-2,4-8,12,14,16,26H,3,9-11,13,15H2,(H,27,30)(H,29,33). The summed E-state index contributed by atoms with van der Waals surface area (Å²) in [5.74, 6) is 0.646. The lowest BCUT2D eigenvalue weighted by molar-refractivity contribution is 0.0966. The van der Waals surface area contributed by atoms with Gasteiger partial charge >= 0.3 is 0 Å². The molecule has 0 aliphatic carbocycles. The minimum absolute atomic E-state index is 0.0724. The Bertz CT molecular complexity index is 1320. The maximum Gasteiger partial charge on any atom is 0.254 e. The summed E-state index contributed by atoms with van der Waals surface area (Å²) < 4.78 is 2.05. The van der Waals surface area contributed by atoms with Crippen molar-refractivity contribution in [1.82, 2.24) is 25.0 Å². The van der Waals surface area contributed by atoms with Crippen molar-refractivity contribution >= 4 is 28.7 Å². The summed E-state index contributed by atoms with van der Waals surface area (Å²) in [6, 6.07) is 14.0. The maximum atomic E-state index is 12.7. The van der Waals surface area contributed by atoms with Gasteiger partial charge in [-0.15, -0.1) is 0 Å². The van der Waals surface area contributed by atoms with Crippen molar-refractivity contribution in [3.8, 4) is 11.3 Å². The van der Waals surface area contributed by atoms with E-state index < -0.39 is 0 Å². The van der Waals surface area contributed by atoms with Crippen LogP contribution in [0.15, 0.2) is 61.1 Å². The van der Waals surface area contributed by atoms with Crippen molar-refractivity contribution in [3.05, 3.63) is 72.2 Å². The van der Waals surface area contributed by atoms with E-state index in [2.05, 4.69) is 43.0 Å². The first kappa shape index (κ1) is 19.8. The Morgan fingerprint density at radius 1 is 0.970 bits per heavy atom. The molecule has 166 valence electrons. The van der Waals surface area contributed by atoms with Crippen LogP contribution in [0.4, 0.5) is 17.2 Å². The van der Waals surface area contributed by atoms with Gasteiger partial charge in [0, 0.05) is 37.9 Å². The molecule has 0 bridgehead atoms. The molecule has 2 aliphatic heterocycles. The molecule has 3 aromatic heterocycles. The van der Waals surface area contributed by atoms with Gasteiger partial charge in [0.2, 0.25) is 0 Å². The number of amides is 1. The Hall–Kier alpha value is -3.91. The van der Waals surface area contributed by atoms with Crippen LogP contribution in [0.1, 0.15) is 22.3 Å². The third-order valence-corrected chi connectivity index (χ3v) is 6.37. The highest BCUT2D eigenvalue weighted by Crippen LogP contribution is 2.35. The Morgan fingerprint density at radius 2 is 1.94 bits per heavy atom. The molecule has 3 N–H and O–H groups in total. The first-order chi connectivity index (χ1) is 16.3. The first-order valence-corrected chi connectivity index (χ1v) is 11.3. The largest absolute Gasteiger partial charge is 0.369 e. The van der Waals surface area contributed by atoms with Crippen molar-refractivity contribution < 1.29 is 4.79 Å². The van der Waals surface area contributed by atoms with Gasteiger partial charge in [0.15, 0.2) is 0 Å². The highest BCUT2D eigenvalue weighted by Gasteiger charge is 2.27. The molecule has 1 aromatic carbocycles. The first-order valence-electron chi connectivity index (χ1n) is 11.3. The van der Waals surface area contributed by atoms with Crippen molar-refractivity contribution in [3.63, 3.8) is 0 Å². The van der Waals surface area contributed by atoms with Gasteiger partial charge in [0.1, 0.15) is 11.5 Å². The van der Waals surface area contributed by atoms with Gasteiger partial charge in [-0.1, -0.05) is 12.1 Å². The maximum absolute atomic E-state index is 12.7. The van der Waals surface area contributed by atoms with Gasteiger partial charge in [-0.2, -0.15) is 0 Å². The van der Waals surface area contributed by atoms with Crippen LogP contribution in [-0.2, 0) is 6.54 Å². The topological polar surface area (TPSA) is 86.6 Å². The van der Waals surface area contributed by atoms with E-state index in [4.69, 9.17) is 0 Å². The number of aromatic nitrogens is 3. The lowest BCUT2D eigenvalue weighted by Gasteiger charge is -2.22. The fourth-order valence-corrected chi connectivity index (χ4v) is 4.71. The van der Waals surface area contributed by atoms with Crippen LogP contribution in [0.3, 0.4) is 0 Å². The minimum Gasteiger partial charge on any atom is -0.369 e. The van der Waals surface area contributed by atoms with E-state index in [1.165, 1.54) is 0 Å². The van der Waals surface area contributed by atoms with Crippen molar-refractivity contribution in [2.45, 2.75) is 13.0 Å². The van der Waals surface area contributed by atoms with Crippen LogP contribution < -0.4 is 20.9 Å². The summed E-state index contributed by atoms with van der Waals surface area (Å²) in [4.78, 5) is 24.2. The van der Waals surface area contributed by atoms with E-state index in [0.29, 0.717) is 12.1 Å². The average Bonchev–Trinajstić information content (AvgIpc) is 3.34. The number of nitrogens with one attached hydrogen (secondary N) is 3. The average molecular weight is 440 g/mol. The van der Waals surface area contributed by atoms with E-state index in [9.17, 15) is 4.79 Å². The van der Waals surface area contributed by atoms with Crippen molar-refractivity contribution in [2.24, 2.45) is 0 Å². The molecule has 0 radical (unpaired) electrons. The van der Waals surface area contributed by atoms with E-state index in [1.54, 1.807) is 0 Å². The molecule has 1 amide bonds.